The number of aromatic nitrogens is 1. The van der Waals surface area contributed by atoms with E-state index in [0.29, 0.717) is 25.1 Å². The van der Waals surface area contributed by atoms with Crippen molar-refractivity contribution in [3.63, 3.8) is 0 Å². The van der Waals surface area contributed by atoms with Gasteiger partial charge in [0.05, 0.1) is 5.69 Å². The Morgan fingerprint density at radius 3 is 2.42 bits per heavy atom. The smallest absolute Gasteiger partial charge is 0.343 e. The van der Waals surface area contributed by atoms with Crippen LogP contribution in [0.1, 0.15) is 66.5 Å². The standard InChI is InChI=1S/C25H27F2N3O5S/c1-14(16-9-18(26)12-19(27)10-16)29-8-7-15-5-6-20(11-17(15)13-29)30(36(33)34)23-21(24(31)32)22(35-28-23)25(2,3)4/h5-6,9-12,14H,7-8,13H2,1-4H3,(H,31,32)(H,33,34). The number of rotatable bonds is 6. The third-order valence-corrected chi connectivity index (χ3v) is 6.99. The number of nitrogens with zero attached hydrogens (tertiary/aromatic N) is 3. The second-order valence-corrected chi connectivity index (χ2v) is 10.7. The van der Waals surface area contributed by atoms with E-state index in [1.54, 1.807) is 32.9 Å². The Balaban J connectivity index is 1.70. The SMILES string of the molecule is CC(c1cc(F)cc(F)c1)N1CCc2ccc(N(c3noc(C(C)(C)C)c3C(=O)O)S(=O)O)cc2C1. The van der Waals surface area contributed by atoms with E-state index in [1.165, 1.54) is 12.1 Å². The van der Waals surface area contributed by atoms with Gasteiger partial charge in [-0.1, -0.05) is 32.0 Å². The molecule has 0 spiro atoms. The molecule has 0 saturated heterocycles. The van der Waals surface area contributed by atoms with Crippen LogP contribution < -0.4 is 4.31 Å². The molecule has 1 aliphatic rings. The summed E-state index contributed by atoms with van der Waals surface area (Å²) in [5, 5.41) is 13.7. The number of hydrogen-bond acceptors (Lipinski definition) is 5. The number of fused-ring (bicyclic) bond motifs is 1. The summed E-state index contributed by atoms with van der Waals surface area (Å²) in [6.45, 7) is 8.20. The number of halogens is 2. The number of carbonyl (C=O) groups is 1. The van der Waals surface area contributed by atoms with Crippen molar-refractivity contribution in [2.24, 2.45) is 0 Å². The summed E-state index contributed by atoms with van der Waals surface area (Å²) in [6.07, 6.45) is 0.665. The third kappa shape index (κ3) is 5.04. The van der Waals surface area contributed by atoms with Gasteiger partial charge < -0.3 is 9.63 Å². The monoisotopic (exact) mass is 519 g/mol. The number of benzene rings is 2. The molecule has 192 valence electrons. The molecule has 2 N–H and O–H groups in total. The molecular weight excluding hydrogens is 492 g/mol. The first-order chi connectivity index (χ1) is 16.9. The number of carboxylic acids is 1. The van der Waals surface area contributed by atoms with Gasteiger partial charge in [-0.3, -0.25) is 9.45 Å². The molecule has 0 radical (unpaired) electrons. The second-order valence-electron chi connectivity index (χ2n) is 9.84. The Kier molecular flexibility index (Phi) is 7.00. The fourth-order valence-electron chi connectivity index (χ4n) is 4.46. The van der Waals surface area contributed by atoms with Gasteiger partial charge in [-0.25, -0.2) is 22.1 Å². The number of carboxylic acid groups (broad SMARTS) is 1. The summed E-state index contributed by atoms with van der Waals surface area (Å²) in [7, 11) is 0. The van der Waals surface area contributed by atoms with Crippen LogP contribution in [0.15, 0.2) is 40.9 Å². The highest BCUT2D eigenvalue weighted by atomic mass is 32.2. The van der Waals surface area contributed by atoms with Crippen LogP contribution in [0.5, 0.6) is 0 Å². The molecule has 0 fully saturated rings. The fraction of sp³-hybridized carbons (Fsp3) is 0.360. The van der Waals surface area contributed by atoms with Crippen LogP contribution in [0.4, 0.5) is 20.3 Å². The van der Waals surface area contributed by atoms with Crippen molar-refractivity contribution >= 4 is 28.7 Å². The molecule has 0 bridgehead atoms. The van der Waals surface area contributed by atoms with Crippen molar-refractivity contribution in [2.45, 2.75) is 52.1 Å². The van der Waals surface area contributed by atoms with E-state index in [2.05, 4.69) is 10.1 Å². The van der Waals surface area contributed by atoms with Gasteiger partial charge in [-0.2, -0.15) is 0 Å². The zero-order valence-electron chi connectivity index (χ0n) is 20.3. The van der Waals surface area contributed by atoms with Crippen LogP contribution >= 0.6 is 0 Å². The van der Waals surface area contributed by atoms with Crippen LogP contribution in [0.3, 0.4) is 0 Å². The lowest BCUT2D eigenvalue weighted by Crippen LogP contribution is -2.33. The van der Waals surface area contributed by atoms with Crippen LogP contribution in [0.25, 0.3) is 0 Å². The van der Waals surface area contributed by atoms with Crippen molar-refractivity contribution in [3.05, 3.63) is 76.0 Å². The van der Waals surface area contributed by atoms with Gasteiger partial charge in [-0.05, 0) is 54.3 Å². The number of anilines is 2. The zero-order valence-corrected chi connectivity index (χ0v) is 21.1. The minimum Gasteiger partial charge on any atom is -0.477 e. The highest BCUT2D eigenvalue weighted by molar-refractivity contribution is 7.81. The molecule has 2 aromatic carbocycles. The maximum absolute atomic E-state index is 13.8. The van der Waals surface area contributed by atoms with E-state index in [-0.39, 0.29) is 28.9 Å². The van der Waals surface area contributed by atoms with Gasteiger partial charge in [0.15, 0.2) is 5.76 Å². The average molecular weight is 520 g/mol. The van der Waals surface area contributed by atoms with Gasteiger partial charge in [0, 0.05) is 30.6 Å². The lowest BCUT2D eigenvalue weighted by atomic mass is 9.90. The van der Waals surface area contributed by atoms with Crippen molar-refractivity contribution in [1.82, 2.24) is 10.1 Å². The Morgan fingerprint density at radius 2 is 1.83 bits per heavy atom. The minimum absolute atomic E-state index is 0.0840. The summed E-state index contributed by atoms with van der Waals surface area (Å²) in [5.74, 6) is -2.81. The molecular formula is C25H27F2N3O5S. The lowest BCUT2D eigenvalue weighted by Gasteiger charge is -2.34. The molecule has 4 rings (SSSR count). The highest BCUT2D eigenvalue weighted by Crippen LogP contribution is 2.38. The predicted octanol–water partition coefficient (Wildman–Crippen LogP) is 5.34. The van der Waals surface area contributed by atoms with Crippen LogP contribution in [-0.2, 0) is 29.6 Å². The molecule has 2 unspecified atom stereocenters. The molecule has 36 heavy (non-hydrogen) atoms. The normalized spacial score (nSPS) is 15.9. The Hall–Kier alpha value is -3.15. The Labute approximate surface area is 209 Å². The topological polar surface area (TPSA) is 107 Å². The number of hydrogen-bond donors (Lipinski definition) is 2. The molecule has 0 saturated carbocycles. The van der Waals surface area contributed by atoms with E-state index in [9.17, 15) is 27.4 Å². The summed E-state index contributed by atoms with van der Waals surface area (Å²) >= 11 is -2.65. The average Bonchev–Trinajstić information content (AvgIpc) is 3.23. The van der Waals surface area contributed by atoms with Crippen molar-refractivity contribution < 1.29 is 32.0 Å². The minimum atomic E-state index is -2.65. The van der Waals surface area contributed by atoms with Crippen LogP contribution in [0.2, 0.25) is 0 Å². The van der Waals surface area contributed by atoms with Crippen molar-refractivity contribution in [1.29, 1.82) is 0 Å². The number of aromatic carboxylic acids is 1. The molecule has 0 aliphatic carbocycles. The maximum atomic E-state index is 13.8. The largest absolute Gasteiger partial charge is 0.477 e. The summed E-state index contributed by atoms with van der Waals surface area (Å²) in [5.41, 5.74) is 1.64. The Bertz CT molecular complexity index is 1320. The second kappa shape index (κ2) is 9.72. The van der Waals surface area contributed by atoms with E-state index < -0.39 is 34.3 Å². The van der Waals surface area contributed by atoms with Crippen molar-refractivity contribution in [3.8, 4) is 0 Å². The van der Waals surface area contributed by atoms with E-state index in [0.717, 1.165) is 21.5 Å². The third-order valence-electron chi connectivity index (χ3n) is 6.30. The quantitative estimate of drug-likeness (QED) is 0.423. The van der Waals surface area contributed by atoms with E-state index in [4.69, 9.17) is 4.52 Å². The fourth-order valence-corrected chi connectivity index (χ4v) is 5.03. The molecule has 8 nitrogen and oxygen atoms in total. The Morgan fingerprint density at radius 1 is 1.17 bits per heavy atom. The molecule has 1 aromatic heterocycles. The van der Waals surface area contributed by atoms with Gasteiger partial charge >= 0.3 is 5.97 Å². The lowest BCUT2D eigenvalue weighted by molar-refractivity contribution is 0.0693. The van der Waals surface area contributed by atoms with E-state index >= 15 is 0 Å². The molecule has 2 heterocycles. The molecule has 2 atom stereocenters. The molecule has 1 aliphatic heterocycles. The first-order valence-corrected chi connectivity index (χ1v) is 12.4. The molecule has 11 heteroatoms. The summed E-state index contributed by atoms with van der Waals surface area (Å²) in [4.78, 5) is 14.1. The summed E-state index contributed by atoms with van der Waals surface area (Å²) in [6, 6.07) is 8.31. The first-order valence-electron chi connectivity index (χ1n) is 11.3. The maximum Gasteiger partial charge on any atom is 0.343 e. The van der Waals surface area contributed by atoms with Gasteiger partial charge in [0.1, 0.15) is 17.2 Å². The molecule has 0 amide bonds. The van der Waals surface area contributed by atoms with Gasteiger partial charge in [0.25, 0.3) is 11.3 Å². The van der Waals surface area contributed by atoms with Crippen LogP contribution in [0, 0.1) is 11.6 Å². The highest BCUT2D eigenvalue weighted by Gasteiger charge is 2.35. The van der Waals surface area contributed by atoms with Crippen LogP contribution in [-0.4, -0.2) is 36.4 Å². The predicted molar refractivity (Wildman–Crippen MR) is 130 cm³/mol. The van der Waals surface area contributed by atoms with Crippen molar-refractivity contribution in [2.75, 3.05) is 10.8 Å². The van der Waals surface area contributed by atoms with Gasteiger partial charge in [-0.15, -0.1) is 0 Å². The van der Waals surface area contributed by atoms with Gasteiger partial charge in [0.2, 0.25) is 5.82 Å². The summed E-state index contributed by atoms with van der Waals surface area (Å²) < 4.78 is 56.3. The zero-order chi connectivity index (χ0) is 26.4. The molecule has 3 aromatic rings. The van der Waals surface area contributed by atoms with E-state index in [1.807, 2.05) is 13.0 Å². The first kappa shape index (κ1) is 25.9.